The van der Waals surface area contributed by atoms with Crippen LogP contribution in [0, 0.1) is 10.8 Å². The van der Waals surface area contributed by atoms with Crippen LogP contribution in [0.4, 0.5) is 0 Å². The van der Waals surface area contributed by atoms with Gasteiger partial charge in [-0.2, -0.15) is 0 Å². The van der Waals surface area contributed by atoms with Crippen LogP contribution in [-0.2, 0) is 9.53 Å². The Kier molecular flexibility index (Phi) is 6.89. The standard InChI is InChI=1S/C21H29N5O3/c1-6-21(7-2,19(27)29-20(3,4)5)13-28-17-12-25-16(11-26-17)14-8-9-15(18(22)23)24-10-14/h8-12H,6-7,13H2,1-5H3,(H3,22,23). The third-order valence-electron chi connectivity index (χ3n) is 4.65. The van der Waals surface area contributed by atoms with Crippen molar-refractivity contribution in [3.63, 3.8) is 0 Å². The Bertz CT molecular complexity index is 838. The van der Waals surface area contributed by atoms with E-state index in [0.717, 1.165) is 5.56 Å². The Labute approximate surface area is 171 Å². The SMILES string of the molecule is CCC(CC)(COc1cnc(-c2ccc(C(=N)N)nc2)cn1)C(=O)OC(C)(C)C. The van der Waals surface area contributed by atoms with Gasteiger partial charge in [0.1, 0.15) is 29.2 Å². The third kappa shape index (κ3) is 5.73. The number of hydrogen-bond donors (Lipinski definition) is 2. The molecule has 0 aliphatic carbocycles. The lowest BCUT2D eigenvalue weighted by Gasteiger charge is -2.32. The fraction of sp³-hybridized carbons (Fsp3) is 0.476. The molecule has 0 fully saturated rings. The summed E-state index contributed by atoms with van der Waals surface area (Å²) in [6, 6.07) is 3.43. The number of carbonyl (C=O) groups excluding carboxylic acids is 1. The highest BCUT2D eigenvalue weighted by Gasteiger charge is 2.39. The van der Waals surface area contributed by atoms with Crippen LogP contribution in [0.5, 0.6) is 5.88 Å². The van der Waals surface area contributed by atoms with Crippen molar-refractivity contribution in [3.05, 3.63) is 36.4 Å². The normalized spacial score (nSPS) is 11.8. The molecule has 2 aromatic heterocycles. The van der Waals surface area contributed by atoms with Crippen molar-refractivity contribution in [3.8, 4) is 17.1 Å². The maximum Gasteiger partial charge on any atom is 0.316 e. The Morgan fingerprint density at radius 1 is 1.07 bits per heavy atom. The summed E-state index contributed by atoms with van der Waals surface area (Å²) in [5, 5.41) is 7.38. The summed E-state index contributed by atoms with van der Waals surface area (Å²) in [6.07, 6.45) is 5.87. The minimum Gasteiger partial charge on any atom is -0.475 e. The molecule has 0 aliphatic heterocycles. The molecule has 2 heterocycles. The summed E-state index contributed by atoms with van der Waals surface area (Å²) in [5.41, 5.74) is 5.89. The summed E-state index contributed by atoms with van der Waals surface area (Å²) in [5.74, 6) is -0.0279. The van der Waals surface area contributed by atoms with Crippen molar-refractivity contribution in [2.75, 3.05) is 6.61 Å². The number of esters is 1. The second-order valence-corrected chi connectivity index (χ2v) is 7.86. The molecule has 0 aliphatic rings. The zero-order chi connectivity index (χ0) is 21.7. The van der Waals surface area contributed by atoms with E-state index in [1.165, 1.54) is 6.20 Å². The Balaban J connectivity index is 2.09. The molecule has 2 aromatic rings. The van der Waals surface area contributed by atoms with Crippen LogP contribution in [-0.4, -0.2) is 39.0 Å². The van der Waals surface area contributed by atoms with Crippen molar-refractivity contribution in [1.29, 1.82) is 5.41 Å². The number of nitrogens with two attached hydrogens (primary N) is 1. The van der Waals surface area contributed by atoms with Crippen LogP contribution in [0.15, 0.2) is 30.7 Å². The van der Waals surface area contributed by atoms with Gasteiger partial charge < -0.3 is 15.2 Å². The van der Waals surface area contributed by atoms with E-state index in [1.807, 2.05) is 34.6 Å². The summed E-state index contributed by atoms with van der Waals surface area (Å²) in [7, 11) is 0. The van der Waals surface area contributed by atoms with Crippen LogP contribution in [0.3, 0.4) is 0 Å². The van der Waals surface area contributed by atoms with Gasteiger partial charge in [-0.25, -0.2) is 9.97 Å². The van der Waals surface area contributed by atoms with Gasteiger partial charge in [-0.1, -0.05) is 13.8 Å². The van der Waals surface area contributed by atoms with E-state index < -0.39 is 11.0 Å². The molecule has 8 heteroatoms. The third-order valence-corrected chi connectivity index (χ3v) is 4.65. The maximum atomic E-state index is 12.7. The molecule has 156 valence electrons. The van der Waals surface area contributed by atoms with Gasteiger partial charge >= 0.3 is 5.97 Å². The molecular weight excluding hydrogens is 370 g/mol. The molecule has 0 aromatic carbocycles. The van der Waals surface area contributed by atoms with E-state index >= 15 is 0 Å². The molecule has 2 rings (SSSR count). The first kappa shape index (κ1) is 22.3. The van der Waals surface area contributed by atoms with Crippen molar-refractivity contribution in [2.45, 2.75) is 53.1 Å². The summed E-state index contributed by atoms with van der Waals surface area (Å²) < 4.78 is 11.4. The molecule has 0 radical (unpaired) electrons. The van der Waals surface area contributed by atoms with Crippen molar-refractivity contribution in [1.82, 2.24) is 15.0 Å². The number of nitrogen functional groups attached to an aromatic ring is 1. The minimum atomic E-state index is -0.736. The maximum absolute atomic E-state index is 12.7. The first-order valence-corrected chi connectivity index (χ1v) is 9.59. The summed E-state index contributed by atoms with van der Waals surface area (Å²) in [4.78, 5) is 25.5. The number of carbonyl (C=O) groups is 1. The van der Waals surface area contributed by atoms with E-state index in [9.17, 15) is 4.79 Å². The number of nitrogens with one attached hydrogen (secondary N) is 1. The van der Waals surface area contributed by atoms with Crippen LogP contribution in [0.2, 0.25) is 0 Å². The van der Waals surface area contributed by atoms with E-state index in [2.05, 4.69) is 15.0 Å². The highest BCUT2D eigenvalue weighted by atomic mass is 16.6. The molecule has 3 N–H and O–H groups in total. The second-order valence-electron chi connectivity index (χ2n) is 7.86. The summed E-state index contributed by atoms with van der Waals surface area (Å²) in [6.45, 7) is 9.61. The molecule has 0 unspecified atom stereocenters. The van der Waals surface area contributed by atoms with Gasteiger partial charge in [0, 0.05) is 11.8 Å². The first-order chi connectivity index (χ1) is 13.6. The van der Waals surface area contributed by atoms with Gasteiger partial charge in [0.2, 0.25) is 5.88 Å². The second kappa shape index (κ2) is 8.98. The highest BCUT2D eigenvalue weighted by molar-refractivity contribution is 5.93. The van der Waals surface area contributed by atoms with Gasteiger partial charge in [-0.3, -0.25) is 15.2 Å². The zero-order valence-electron chi connectivity index (χ0n) is 17.7. The lowest BCUT2D eigenvalue weighted by molar-refractivity contribution is -0.170. The molecule has 0 bridgehead atoms. The van der Waals surface area contributed by atoms with E-state index in [4.69, 9.17) is 20.6 Å². The van der Waals surface area contributed by atoms with Gasteiger partial charge in [0.25, 0.3) is 0 Å². The minimum absolute atomic E-state index is 0.0910. The predicted molar refractivity (Wildman–Crippen MR) is 111 cm³/mol. The van der Waals surface area contributed by atoms with Crippen LogP contribution in [0.25, 0.3) is 11.3 Å². The van der Waals surface area contributed by atoms with Crippen LogP contribution < -0.4 is 10.5 Å². The van der Waals surface area contributed by atoms with Gasteiger partial charge in [0.15, 0.2) is 0 Å². The van der Waals surface area contributed by atoms with Gasteiger partial charge in [-0.15, -0.1) is 0 Å². The summed E-state index contributed by atoms with van der Waals surface area (Å²) >= 11 is 0. The average Bonchev–Trinajstić information content (AvgIpc) is 2.68. The fourth-order valence-electron chi connectivity index (χ4n) is 2.64. The van der Waals surface area contributed by atoms with Gasteiger partial charge in [0.05, 0.1) is 18.1 Å². The fourth-order valence-corrected chi connectivity index (χ4v) is 2.64. The molecule has 0 saturated heterocycles. The smallest absolute Gasteiger partial charge is 0.316 e. The largest absolute Gasteiger partial charge is 0.475 e. The topological polar surface area (TPSA) is 124 Å². The van der Waals surface area contributed by atoms with Crippen molar-refractivity contribution >= 4 is 11.8 Å². The van der Waals surface area contributed by atoms with E-state index in [1.54, 1.807) is 24.5 Å². The zero-order valence-corrected chi connectivity index (χ0v) is 17.7. The number of amidine groups is 1. The van der Waals surface area contributed by atoms with Crippen molar-refractivity contribution in [2.24, 2.45) is 11.1 Å². The molecule has 29 heavy (non-hydrogen) atoms. The molecular formula is C21H29N5O3. The number of nitrogens with zero attached hydrogens (tertiary/aromatic N) is 3. The number of rotatable bonds is 8. The number of pyridine rings is 1. The monoisotopic (exact) mass is 399 g/mol. The molecule has 8 nitrogen and oxygen atoms in total. The molecule has 0 saturated carbocycles. The lowest BCUT2D eigenvalue weighted by Crippen LogP contribution is -2.41. The number of hydrogen-bond acceptors (Lipinski definition) is 7. The predicted octanol–water partition coefficient (Wildman–Crippen LogP) is 3.35. The molecule has 0 spiro atoms. The quantitative estimate of drug-likeness (QED) is 0.396. The Morgan fingerprint density at radius 3 is 2.21 bits per heavy atom. The first-order valence-electron chi connectivity index (χ1n) is 9.59. The lowest BCUT2D eigenvalue weighted by atomic mass is 9.83. The Hall–Kier alpha value is -3.03. The van der Waals surface area contributed by atoms with Gasteiger partial charge in [-0.05, 0) is 45.7 Å². The number of ether oxygens (including phenoxy) is 2. The van der Waals surface area contributed by atoms with E-state index in [-0.39, 0.29) is 18.4 Å². The van der Waals surface area contributed by atoms with Crippen LogP contribution in [0.1, 0.15) is 53.2 Å². The van der Waals surface area contributed by atoms with Crippen molar-refractivity contribution < 1.29 is 14.3 Å². The Morgan fingerprint density at radius 2 is 1.76 bits per heavy atom. The van der Waals surface area contributed by atoms with E-state index in [0.29, 0.717) is 30.1 Å². The molecule has 0 amide bonds. The highest BCUT2D eigenvalue weighted by Crippen LogP contribution is 2.31. The number of aromatic nitrogens is 3. The average molecular weight is 399 g/mol. The van der Waals surface area contributed by atoms with Crippen LogP contribution >= 0.6 is 0 Å². The molecule has 0 atom stereocenters.